The minimum atomic E-state index is 0.387. The molecule has 3 heteroatoms. The van der Waals surface area contributed by atoms with Gasteiger partial charge in [0.15, 0.2) is 0 Å². The highest BCUT2D eigenvalue weighted by Gasteiger charge is 2.13. The van der Waals surface area contributed by atoms with Crippen LogP contribution in [0.4, 0.5) is 0 Å². The van der Waals surface area contributed by atoms with Crippen LogP contribution in [0.25, 0.3) is 5.69 Å². The fraction of sp³-hybridized carbons (Fsp3) is 0.471. The van der Waals surface area contributed by atoms with E-state index in [1.807, 2.05) is 10.7 Å². The molecule has 20 heavy (non-hydrogen) atoms. The van der Waals surface area contributed by atoms with Gasteiger partial charge in [-0.05, 0) is 48.9 Å². The highest BCUT2D eigenvalue weighted by molar-refractivity contribution is 6.29. The summed E-state index contributed by atoms with van der Waals surface area (Å²) in [5, 5.41) is 5.37. The van der Waals surface area contributed by atoms with Crippen LogP contribution in [-0.4, -0.2) is 9.78 Å². The lowest BCUT2D eigenvalue weighted by atomic mass is 10.0. The molecule has 0 atom stereocenters. The molecular weight excluding hydrogens is 268 g/mol. The summed E-state index contributed by atoms with van der Waals surface area (Å²) in [6.07, 6.45) is 3.45. The van der Waals surface area contributed by atoms with Crippen molar-refractivity contribution in [1.29, 1.82) is 0 Å². The maximum Gasteiger partial charge on any atom is 0.133 e. The third kappa shape index (κ3) is 3.24. The number of aryl methyl sites for hydroxylation is 2. The Labute approximate surface area is 126 Å². The van der Waals surface area contributed by atoms with Crippen LogP contribution in [0.15, 0.2) is 24.3 Å². The third-order valence-corrected chi connectivity index (χ3v) is 3.81. The Hall–Kier alpha value is -1.28. The molecule has 0 fully saturated rings. The zero-order valence-electron chi connectivity index (χ0n) is 12.8. The minimum absolute atomic E-state index is 0.387. The predicted molar refractivity (Wildman–Crippen MR) is 86.0 cm³/mol. The molecule has 0 saturated carbocycles. The fourth-order valence-corrected chi connectivity index (χ4v) is 2.52. The lowest BCUT2D eigenvalue weighted by Gasteiger charge is -2.11. The first kappa shape index (κ1) is 15.1. The first-order valence-corrected chi connectivity index (χ1v) is 7.76. The second-order valence-corrected chi connectivity index (χ2v) is 6.08. The molecule has 2 nitrogen and oxygen atoms in total. The van der Waals surface area contributed by atoms with Gasteiger partial charge in [0, 0.05) is 0 Å². The molecule has 0 unspecified atom stereocenters. The van der Waals surface area contributed by atoms with E-state index in [2.05, 4.69) is 51.0 Å². The van der Waals surface area contributed by atoms with Crippen molar-refractivity contribution in [2.24, 2.45) is 0 Å². The number of hydrogen-bond donors (Lipinski definition) is 0. The molecule has 1 aromatic carbocycles. The number of unbranched alkanes of at least 4 members (excludes halogenated alkanes) is 1. The van der Waals surface area contributed by atoms with Crippen molar-refractivity contribution in [1.82, 2.24) is 9.78 Å². The molecule has 0 bridgehead atoms. The average molecular weight is 291 g/mol. The van der Waals surface area contributed by atoms with E-state index in [-0.39, 0.29) is 0 Å². The van der Waals surface area contributed by atoms with Gasteiger partial charge in [0.2, 0.25) is 0 Å². The van der Waals surface area contributed by atoms with Crippen molar-refractivity contribution in [2.45, 2.75) is 52.9 Å². The molecule has 1 heterocycles. The number of benzene rings is 1. The van der Waals surface area contributed by atoms with Crippen molar-refractivity contribution in [3.63, 3.8) is 0 Å². The van der Waals surface area contributed by atoms with Gasteiger partial charge in [0.05, 0.1) is 11.4 Å². The fourth-order valence-electron chi connectivity index (χ4n) is 2.28. The molecule has 0 aliphatic carbocycles. The number of hydrogen-bond acceptors (Lipinski definition) is 1. The van der Waals surface area contributed by atoms with E-state index >= 15 is 0 Å². The summed E-state index contributed by atoms with van der Waals surface area (Å²) in [5.41, 5.74) is 4.71. The maximum absolute atomic E-state index is 6.38. The van der Waals surface area contributed by atoms with Gasteiger partial charge in [0.25, 0.3) is 0 Å². The van der Waals surface area contributed by atoms with E-state index < -0.39 is 0 Å². The molecule has 0 radical (unpaired) electrons. The first-order valence-electron chi connectivity index (χ1n) is 7.38. The van der Waals surface area contributed by atoms with Gasteiger partial charge in [-0.2, -0.15) is 5.10 Å². The Morgan fingerprint density at radius 2 is 2.00 bits per heavy atom. The summed E-state index contributed by atoms with van der Waals surface area (Å²) in [4.78, 5) is 0. The molecule has 0 spiro atoms. The highest BCUT2D eigenvalue weighted by Crippen LogP contribution is 2.25. The standard InChI is InChI=1S/C17H23ClN2/c1-5-6-7-14-9-8-13(4)10-16(14)20-17(18)11-15(19-20)12(2)3/h8-12H,5-7H2,1-4H3. The summed E-state index contributed by atoms with van der Waals surface area (Å²) in [6, 6.07) is 8.51. The van der Waals surface area contributed by atoms with Gasteiger partial charge < -0.3 is 0 Å². The summed E-state index contributed by atoms with van der Waals surface area (Å²) < 4.78 is 1.88. The zero-order chi connectivity index (χ0) is 14.7. The Kier molecular flexibility index (Phi) is 4.87. The van der Waals surface area contributed by atoms with Crippen molar-refractivity contribution < 1.29 is 0 Å². The lowest BCUT2D eigenvalue weighted by Crippen LogP contribution is -2.03. The van der Waals surface area contributed by atoms with Crippen LogP contribution in [0.2, 0.25) is 5.15 Å². The topological polar surface area (TPSA) is 17.8 Å². The number of rotatable bonds is 5. The van der Waals surface area contributed by atoms with Gasteiger partial charge in [0.1, 0.15) is 5.15 Å². The van der Waals surface area contributed by atoms with E-state index in [0.29, 0.717) is 11.1 Å². The smallest absolute Gasteiger partial charge is 0.133 e. The van der Waals surface area contributed by atoms with Gasteiger partial charge in [-0.15, -0.1) is 0 Å². The Balaban J connectivity index is 2.47. The number of aromatic nitrogens is 2. The number of halogens is 1. The summed E-state index contributed by atoms with van der Waals surface area (Å²) in [5.74, 6) is 0.387. The second kappa shape index (κ2) is 6.45. The SMILES string of the molecule is CCCCc1ccc(C)cc1-n1nc(C(C)C)cc1Cl. The molecule has 0 amide bonds. The van der Waals surface area contributed by atoms with E-state index in [0.717, 1.165) is 17.8 Å². The average Bonchev–Trinajstić information content (AvgIpc) is 2.79. The number of nitrogens with zero attached hydrogens (tertiary/aromatic N) is 2. The van der Waals surface area contributed by atoms with Crippen molar-refractivity contribution in [2.75, 3.05) is 0 Å². The minimum Gasteiger partial charge on any atom is -0.222 e. The molecular formula is C17H23ClN2. The second-order valence-electron chi connectivity index (χ2n) is 5.69. The van der Waals surface area contributed by atoms with Crippen LogP contribution in [0.1, 0.15) is 56.4 Å². The quantitative estimate of drug-likeness (QED) is 0.730. The Morgan fingerprint density at radius 1 is 1.25 bits per heavy atom. The maximum atomic E-state index is 6.38. The molecule has 0 saturated heterocycles. The van der Waals surface area contributed by atoms with Gasteiger partial charge in [-0.25, -0.2) is 4.68 Å². The summed E-state index contributed by atoms with van der Waals surface area (Å²) in [6.45, 7) is 8.59. The van der Waals surface area contributed by atoms with E-state index in [1.165, 1.54) is 24.0 Å². The Bertz CT molecular complexity index is 585. The van der Waals surface area contributed by atoms with Crippen LogP contribution in [0.5, 0.6) is 0 Å². The van der Waals surface area contributed by atoms with Gasteiger partial charge in [-0.1, -0.05) is 50.9 Å². The van der Waals surface area contributed by atoms with Crippen LogP contribution < -0.4 is 0 Å². The van der Waals surface area contributed by atoms with Crippen molar-refractivity contribution in [3.05, 3.63) is 46.2 Å². The van der Waals surface area contributed by atoms with Crippen LogP contribution in [-0.2, 0) is 6.42 Å². The van der Waals surface area contributed by atoms with E-state index in [1.54, 1.807) is 0 Å². The third-order valence-electron chi connectivity index (χ3n) is 3.54. The van der Waals surface area contributed by atoms with Crippen molar-refractivity contribution >= 4 is 11.6 Å². The van der Waals surface area contributed by atoms with Gasteiger partial charge >= 0.3 is 0 Å². The van der Waals surface area contributed by atoms with Crippen LogP contribution in [0, 0.1) is 6.92 Å². The molecule has 2 aromatic rings. The Morgan fingerprint density at radius 3 is 2.60 bits per heavy atom. The van der Waals surface area contributed by atoms with Gasteiger partial charge in [-0.3, -0.25) is 0 Å². The highest BCUT2D eigenvalue weighted by atomic mass is 35.5. The molecule has 1 aromatic heterocycles. The molecule has 108 valence electrons. The summed E-state index contributed by atoms with van der Waals surface area (Å²) >= 11 is 6.38. The molecule has 0 aliphatic heterocycles. The lowest BCUT2D eigenvalue weighted by molar-refractivity contribution is 0.749. The normalized spacial score (nSPS) is 11.3. The largest absolute Gasteiger partial charge is 0.222 e. The van der Waals surface area contributed by atoms with E-state index in [4.69, 9.17) is 11.6 Å². The van der Waals surface area contributed by atoms with Crippen LogP contribution in [0.3, 0.4) is 0 Å². The summed E-state index contributed by atoms with van der Waals surface area (Å²) in [7, 11) is 0. The first-order chi connectivity index (χ1) is 9.52. The predicted octanol–water partition coefficient (Wildman–Crippen LogP) is 5.30. The van der Waals surface area contributed by atoms with Crippen molar-refractivity contribution in [3.8, 4) is 5.69 Å². The monoisotopic (exact) mass is 290 g/mol. The molecule has 2 rings (SSSR count). The van der Waals surface area contributed by atoms with E-state index in [9.17, 15) is 0 Å². The molecule has 0 aliphatic rings. The zero-order valence-corrected chi connectivity index (χ0v) is 13.5. The van der Waals surface area contributed by atoms with Crippen LogP contribution >= 0.6 is 11.6 Å². The molecule has 0 N–H and O–H groups in total.